The average Bonchev–Trinajstić information content (AvgIpc) is 2.81. The summed E-state index contributed by atoms with van der Waals surface area (Å²) in [6, 6.07) is 10.7. The molecular weight excluding hydrogens is 254 g/mol. The minimum Gasteiger partial charge on any atom is -0.326 e. The van der Waals surface area contributed by atoms with Crippen molar-refractivity contribution in [1.29, 1.82) is 5.26 Å². The van der Waals surface area contributed by atoms with E-state index in [0.717, 1.165) is 0 Å². The molecule has 1 aliphatic heterocycles. The number of benzene rings is 1. The molecule has 0 bridgehead atoms. The van der Waals surface area contributed by atoms with Gasteiger partial charge < -0.3 is 10.2 Å². The normalized spacial score (nSPS) is 21.3. The third-order valence-corrected chi connectivity index (χ3v) is 3.35. The van der Waals surface area contributed by atoms with Crippen LogP contribution in [0.2, 0.25) is 0 Å². The lowest BCUT2D eigenvalue weighted by atomic mass is 10.1. The van der Waals surface area contributed by atoms with Crippen LogP contribution in [-0.2, 0) is 9.59 Å². The van der Waals surface area contributed by atoms with Gasteiger partial charge in [-0.3, -0.25) is 9.59 Å². The number of rotatable bonds is 3. The van der Waals surface area contributed by atoms with Crippen LogP contribution in [0.1, 0.15) is 19.8 Å². The summed E-state index contributed by atoms with van der Waals surface area (Å²) in [4.78, 5) is 25.4. The van der Waals surface area contributed by atoms with Crippen molar-refractivity contribution in [1.82, 2.24) is 4.90 Å². The Kier molecular flexibility index (Phi) is 4.36. The fraction of sp³-hybridized carbons (Fsp3) is 0.400. The Balaban J connectivity index is 1.91. The summed E-state index contributed by atoms with van der Waals surface area (Å²) in [7, 11) is 0. The SMILES string of the molecule is CC1CC(C#N)N(C(=O)CC(=O)Nc2ccccc2)C1. The standard InChI is InChI=1S/C15H17N3O2/c1-11-7-13(9-16)18(10-11)15(20)8-14(19)17-12-5-3-2-4-6-12/h2-6,11,13H,7-8,10H2,1H3,(H,17,19). The topological polar surface area (TPSA) is 73.2 Å². The summed E-state index contributed by atoms with van der Waals surface area (Å²) in [5.74, 6) is -0.326. The van der Waals surface area contributed by atoms with E-state index >= 15 is 0 Å². The summed E-state index contributed by atoms with van der Waals surface area (Å²) in [5, 5.41) is 11.7. The Morgan fingerprint density at radius 1 is 1.40 bits per heavy atom. The molecule has 2 atom stereocenters. The zero-order valence-corrected chi connectivity index (χ0v) is 11.4. The number of anilines is 1. The van der Waals surface area contributed by atoms with Gasteiger partial charge in [0.1, 0.15) is 12.5 Å². The van der Waals surface area contributed by atoms with Crippen LogP contribution in [0.25, 0.3) is 0 Å². The quantitative estimate of drug-likeness (QED) is 0.851. The molecule has 1 fully saturated rings. The number of amides is 2. The van der Waals surface area contributed by atoms with E-state index in [2.05, 4.69) is 11.4 Å². The Morgan fingerprint density at radius 2 is 2.10 bits per heavy atom. The van der Waals surface area contributed by atoms with E-state index in [9.17, 15) is 9.59 Å². The van der Waals surface area contributed by atoms with Gasteiger partial charge in [0.25, 0.3) is 0 Å². The molecule has 1 N–H and O–H groups in total. The number of hydrogen-bond donors (Lipinski definition) is 1. The Morgan fingerprint density at radius 3 is 2.75 bits per heavy atom. The summed E-state index contributed by atoms with van der Waals surface area (Å²) in [6.45, 7) is 2.55. The van der Waals surface area contributed by atoms with Gasteiger partial charge in [0.05, 0.1) is 6.07 Å². The summed E-state index contributed by atoms with van der Waals surface area (Å²) in [5.41, 5.74) is 0.664. The predicted octanol–water partition coefficient (Wildman–Crippen LogP) is 1.78. The number of likely N-dealkylation sites (tertiary alicyclic amines) is 1. The molecule has 0 saturated carbocycles. The van der Waals surface area contributed by atoms with Gasteiger partial charge in [-0.1, -0.05) is 25.1 Å². The van der Waals surface area contributed by atoms with Crippen LogP contribution in [0.15, 0.2) is 30.3 Å². The molecule has 1 aromatic carbocycles. The van der Waals surface area contributed by atoms with Crippen LogP contribution in [0.4, 0.5) is 5.69 Å². The third-order valence-electron chi connectivity index (χ3n) is 3.35. The van der Waals surface area contributed by atoms with Gasteiger partial charge in [0.15, 0.2) is 0 Å². The van der Waals surface area contributed by atoms with Gasteiger partial charge in [-0.05, 0) is 24.5 Å². The zero-order valence-electron chi connectivity index (χ0n) is 11.4. The van der Waals surface area contributed by atoms with Crippen LogP contribution >= 0.6 is 0 Å². The number of hydrogen-bond acceptors (Lipinski definition) is 3. The molecular formula is C15H17N3O2. The van der Waals surface area contributed by atoms with E-state index in [1.165, 1.54) is 4.90 Å². The molecule has 2 unspecified atom stereocenters. The van der Waals surface area contributed by atoms with Crippen LogP contribution in [-0.4, -0.2) is 29.3 Å². The second kappa shape index (κ2) is 6.20. The molecule has 20 heavy (non-hydrogen) atoms. The minimum absolute atomic E-state index is 0.222. The predicted molar refractivity (Wildman–Crippen MR) is 74.6 cm³/mol. The van der Waals surface area contributed by atoms with Gasteiger partial charge >= 0.3 is 0 Å². The highest BCUT2D eigenvalue weighted by atomic mass is 16.2. The first-order valence-electron chi connectivity index (χ1n) is 6.64. The maximum atomic E-state index is 12.1. The number of nitrogens with one attached hydrogen (secondary N) is 1. The summed E-state index contributed by atoms with van der Waals surface area (Å²) < 4.78 is 0. The first-order valence-corrected chi connectivity index (χ1v) is 6.64. The largest absolute Gasteiger partial charge is 0.326 e. The van der Waals surface area contributed by atoms with E-state index in [1.807, 2.05) is 25.1 Å². The molecule has 104 valence electrons. The number of para-hydroxylation sites is 1. The van der Waals surface area contributed by atoms with Crippen molar-refractivity contribution in [2.24, 2.45) is 5.92 Å². The zero-order chi connectivity index (χ0) is 14.5. The molecule has 5 nitrogen and oxygen atoms in total. The highest BCUT2D eigenvalue weighted by Crippen LogP contribution is 2.23. The third kappa shape index (κ3) is 3.35. The Hall–Kier alpha value is -2.35. The lowest BCUT2D eigenvalue weighted by Crippen LogP contribution is -2.37. The van der Waals surface area contributed by atoms with Gasteiger partial charge in [-0.25, -0.2) is 0 Å². The molecule has 0 aliphatic carbocycles. The Labute approximate surface area is 118 Å². The van der Waals surface area contributed by atoms with Crippen molar-refractivity contribution >= 4 is 17.5 Å². The second-order valence-corrected chi connectivity index (χ2v) is 5.12. The van der Waals surface area contributed by atoms with Crippen LogP contribution in [0.3, 0.4) is 0 Å². The Bertz CT molecular complexity index is 536. The van der Waals surface area contributed by atoms with E-state index in [-0.39, 0.29) is 18.2 Å². The van der Waals surface area contributed by atoms with Crippen molar-refractivity contribution in [2.75, 3.05) is 11.9 Å². The van der Waals surface area contributed by atoms with E-state index in [4.69, 9.17) is 5.26 Å². The molecule has 0 spiro atoms. The molecule has 1 aliphatic rings. The van der Waals surface area contributed by atoms with Crippen molar-refractivity contribution < 1.29 is 9.59 Å². The van der Waals surface area contributed by atoms with Crippen molar-refractivity contribution in [3.05, 3.63) is 30.3 Å². The maximum absolute atomic E-state index is 12.1. The monoisotopic (exact) mass is 271 g/mol. The van der Waals surface area contributed by atoms with E-state index < -0.39 is 6.04 Å². The second-order valence-electron chi connectivity index (χ2n) is 5.12. The van der Waals surface area contributed by atoms with Crippen molar-refractivity contribution in [2.45, 2.75) is 25.8 Å². The fourth-order valence-electron chi connectivity index (χ4n) is 2.41. The van der Waals surface area contributed by atoms with E-state index in [0.29, 0.717) is 24.6 Å². The summed E-state index contributed by atoms with van der Waals surface area (Å²) >= 11 is 0. The van der Waals surface area contributed by atoms with E-state index in [1.54, 1.807) is 12.1 Å². The van der Waals surface area contributed by atoms with Gasteiger partial charge in [-0.2, -0.15) is 5.26 Å². The number of carbonyl (C=O) groups is 2. The average molecular weight is 271 g/mol. The lowest BCUT2D eigenvalue weighted by Gasteiger charge is -2.19. The first-order chi connectivity index (χ1) is 9.60. The van der Waals surface area contributed by atoms with Gasteiger partial charge in [0.2, 0.25) is 11.8 Å². The number of nitriles is 1. The number of nitrogens with zero attached hydrogens (tertiary/aromatic N) is 2. The van der Waals surface area contributed by atoms with Crippen LogP contribution in [0, 0.1) is 17.2 Å². The highest BCUT2D eigenvalue weighted by Gasteiger charge is 2.33. The molecule has 1 heterocycles. The molecule has 0 radical (unpaired) electrons. The van der Waals surface area contributed by atoms with Crippen molar-refractivity contribution in [3.8, 4) is 6.07 Å². The first kappa shape index (κ1) is 14.1. The molecule has 2 rings (SSSR count). The van der Waals surface area contributed by atoms with Crippen LogP contribution in [0.5, 0.6) is 0 Å². The minimum atomic E-state index is -0.401. The molecule has 5 heteroatoms. The van der Waals surface area contributed by atoms with Crippen molar-refractivity contribution in [3.63, 3.8) is 0 Å². The van der Waals surface area contributed by atoms with Crippen LogP contribution < -0.4 is 5.32 Å². The molecule has 0 aromatic heterocycles. The number of carbonyl (C=O) groups excluding carboxylic acids is 2. The smallest absolute Gasteiger partial charge is 0.233 e. The fourth-order valence-corrected chi connectivity index (χ4v) is 2.41. The van der Waals surface area contributed by atoms with Gasteiger partial charge in [-0.15, -0.1) is 0 Å². The molecule has 2 amide bonds. The molecule has 1 aromatic rings. The highest BCUT2D eigenvalue weighted by molar-refractivity contribution is 6.03. The summed E-state index contributed by atoms with van der Waals surface area (Å²) in [6.07, 6.45) is 0.461. The lowest BCUT2D eigenvalue weighted by molar-refractivity contribution is -0.134. The maximum Gasteiger partial charge on any atom is 0.233 e. The van der Waals surface area contributed by atoms with Gasteiger partial charge in [0, 0.05) is 12.2 Å². The molecule has 1 saturated heterocycles.